The summed E-state index contributed by atoms with van der Waals surface area (Å²) in [6.07, 6.45) is -2.04. The van der Waals surface area contributed by atoms with Gasteiger partial charge in [0, 0.05) is 35.0 Å². The van der Waals surface area contributed by atoms with Crippen molar-refractivity contribution < 1.29 is 38.7 Å². The first-order valence-corrected chi connectivity index (χ1v) is 12.7. The number of carbonyl (C=O) groups excluding carboxylic acids is 2. The Morgan fingerprint density at radius 2 is 1.15 bits per heavy atom. The quantitative estimate of drug-likeness (QED) is 0.356. The van der Waals surface area contributed by atoms with Gasteiger partial charge >= 0.3 is 0 Å². The fourth-order valence-electron chi connectivity index (χ4n) is 3.11. The van der Waals surface area contributed by atoms with Gasteiger partial charge in [-0.25, -0.2) is 0 Å². The molecule has 0 saturated carbocycles. The number of fused-ring (bicyclic) bond motifs is 2. The van der Waals surface area contributed by atoms with Crippen molar-refractivity contribution in [3.63, 3.8) is 0 Å². The average Bonchev–Trinajstić information content (AvgIpc) is 3.47. The van der Waals surface area contributed by atoms with Crippen molar-refractivity contribution in [2.24, 2.45) is 0 Å². The van der Waals surface area contributed by atoms with Gasteiger partial charge in [0.25, 0.3) is 0 Å². The van der Waals surface area contributed by atoms with Crippen molar-refractivity contribution in [2.75, 3.05) is 47.2 Å². The number of aliphatic hydroxyl groups excluding tert-OH is 2. The number of amides is 2. The van der Waals surface area contributed by atoms with Gasteiger partial charge in [-0.3, -0.25) is 9.59 Å². The Morgan fingerprint density at radius 3 is 1.59 bits per heavy atom. The van der Waals surface area contributed by atoms with E-state index in [1.807, 2.05) is 0 Å². The Hall–Kier alpha value is -2.80. The largest absolute Gasteiger partial charge is 0.454 e. The fraction of sp³-hybridized carbons (Fsp3) is 0.364. The van der Waals surface area contributed by atoms with Gasteiger partial charge in [-0.15, -0.1) is 23.5 Å². The van der Waals surface area contributed by atoms with Crippen LogP contribution >= 0.6 is 23.5 Å². The van der Waals surface area contributed by atoms with E-state index in [1.54, 1.807) is 36.4 Å². The number of nitrogens with one attached hydrogen (secondary N) is 2. The second-order valence-electron chi connectivity index (χ2n) is 7.40. The first kappa shape index (κ1) is 24.3. The van der Waals surface area contributed by atoms with E-state index in [2.05, 4.69) is 10.6 Å². The molecule has 2 heterocycles. The van der Waals surface area contributed by atoms with Crippen LogP contribution in [-0.4, -0.2) is 70.8 Å². The normalized spacial score (nSPS) is 15.0. The molecule has 0 unspecified atom stereocenters. The Morgan fingerprint density at radius 1 is 0.735 bits per heavy atom. The van der Waals surface area contributed by atoms with E-state index in [1.165, 1.54) is 23.5 Å². The summed E-state index contributed by atoms with van der Waals surface area (Å²) >= 11 is 2.41. The number of benzene rings is 2. The number of carbonyl (C=O) groups is 2. The molecule has 2 aliphatic rings. The lowest BCUT2D eigenvalue weighted by atomic mass is 10.3. The molecule has 4 N–H and O–H groups in total. The Balaban J connectivity index is 1.09. The van der Waals surface area contributed by atoms with Crippen LogP contribution in [0.25, 0.3) is 0 Å². The predicted octanol–water partition coefficient (Wildman–Crippen LogP) is 1.91. The van der Waals surface area contributed by atoms with Crippen LogP contribution in [0.1, 0.15) is 0 Å². The van der Waals surface area contributed by atoms with Gasteiger partial charge < -0.3 is 39.8 Å². The van der Waals surface area contributed by atoms with Crippen LogP contribution in [0.4, 0.5) is 11.4 Å². The second-order valence-corrected chi connectivity index (χ2v) is 9.46. The summed E-state index contributed by atoms with van der Waals surface area (Å²) in [6, 6.07) is 10.2. The van der Waals surface area contributed by atoms with Gasteiger partial charge in [0.05, 0.1) is 23.7 Å². The molecule has 4 rings (SSSR count). The lowest BCUT2D eigenvalue weighted by Crippen LogP contribution is -2.31. The van der Waals surface area contributed by atoms with Crippen LogP contribution in [0.15, 0.2) is 36.4 Å². The van der Waals surface area contributed by atoms with Gasteiger partial charge in [-0.1, -0.05) is 0 Å². The van der Waals surface area contributed by atoms with E-state index < -0.39 is 12.2 Å². The van der Waals surface area contributed by atoms with Gasteiger partial charge in [0.15, 0.2) is 23.0 Å². The van der Waals surface area contributed by atoms with Crippen molar-refractivity contribution in [3.8, 4) is 23.0 Å². The minimum atomic E-state index is -1.02. The Bertz CT molecular complexity index is 956. The molecule has 34 heavy (non-hydrogen) atoms. The van der Waals surface area contributed by atoms with E-state index in [9.17, 15) is 19.8 Å². The molecule has 0 fully saturated rings. The van der Waals surface area contributed by atoms with E-state index in [-0.39, 0.29) is 48.4 Å². The molecule has 10 nitrogen and oxygen atoms in total. The summed E-state index contributed by atoms with van der Waals surface area (Å²) in [7, 11) is 0. The number of rotatable bonds is 11. The van der Waals surface area contributed by atoms with Crippen LogP contribution < -0.4 is 29.6 Å². The number of thioether (sulfide) groups is 2. The molecule has 2 aromatic rings. The van der Waals surface area contributed by atoms with Crippen LogP contribution in [-0.2, 0) is 9.59 Å². The Kier molecular flexibility index (Phi) is 8.27. The zero-order chi connectivity index (χ0) is 23.9. The molecule has 0 saturated heterocycles. The molecular formula is C22H24N2O8S2. The maximum absolute atomic E-state index is 12.1. The molecule has 0 aliphatic carbocycles. The molecule has 12 heteroatoms. The summed E-state index contributed by atoms with van der Waals surface area (Å²) in [5.74, 6) is 2.53. The molecular weight excluding hydrogens is 484 g/mol. The lowest BCUT2D eigenvalue weighted by Gasteiger charge is -2.17. The highest BCUT2D eigenvalue weighted by Gasteiger charge is 2.19. The first-order chi connectivity index (χ1) is 16.5. The zero-order valence-corrected chi connectivity index (χ0v) is 19.7. The van der Waals surface area contributed by atoms with Crippen molar-refractivity contribution in [1.29, 1.82) is 0 Å². The molecule has 0 bridgehead atoms. The molecule has 2 aliphatic heterocycles. The van der Waals surface area contributed by atoms with E-state index in [4.69, 9.17) is 18.9 Å². The molecule has 2 atom stereocenters. The number of hydrogen-bond acceptors (Lipinski definition) is 10. The minimum Gasteiger partial charge on any atom is -0.454 e. The van der Waals surface area contributed by atoms with Crippen LogP contribution in [0.2, 0.25) is 0 Å². The highest BCUT2D eigenvalue weighted by Crippen LogP contribution is 2.35. The number of anilines is 2. The standard InChI is InChI=1S/C22H24N2O8S2/c25-15(7-33-9-21(27)23-13-1-3-17-19(5-13)31-11-29-17)16(26)8-34-10-22(28)24-14-2-4-18-20(6-14)32-12-30-18/h1-6,15-16,25-26H,7-12H2,(H,23,27)(H,24,28)/t15-,16-/m0/s1. The summed E-state index contributed by atoms with van der Waals surface area (Å²) < 4.78 is 21.0. The number of aliphatic hydroxyl groups is 2. The maximum Gasteiger partial charge on any atom is 0.234 e. The highest BCUT2D eigenvalue weighted by atomic mass is 32.2. The second kappa shape index (κ2) is 11.6. The summed E-state index contributed by atoms with van der Waals surface area (Å²) in [6.45, 7) is 0.317. The van der Waals surface area contributed by atoms with Gasteiger partial charge in [0.1, 0.15) is 0 Å². The summed E-state index contributed by atoms with van der Waals surface area (Å²) in [5.41, 5.74) is 1.18. The minimum absolute atomic E-state index is 0.114. The summed E-state index contributed by atoms with van der Waals surface area (Å²) in [4.78, 5) is 24.2. The van der Waals surface area contributed by atoms with Crippen molar-refractivity contribution in [1.82, 2.24) is 0 Å². The maximum atomic E-state index is 12.1. The van der Waals surface area contributed by atoms with E-state index in [0.717, 1.165) is 0 Å². The zero-order valence-electron chi connectivity index (χ0n) is 18.0. The molecule has 182 valence electrons. The van der Waals surface area contributed by atoms with Crippen LogP contribution in [0.5, 0.6) is 23.0 Å². The molecule has 2 aromatic carbocycles. The van der Waals surface area contributed by atoms with Crippen molar-refractivity contribution in [3.05, 3.63) is 36.4 Å². The SMILES string of the molecule is O=C(CSC[C@H](O)[C@@H](O)CSCC(=O)Nc1ccc2c(c1)OCO2)Nc1ccc2c(c1)OCO2. The average molecular weight is 509 g/mol. The third-order valence-electron chi connectivity index (χ3n) is 4.80. The van der Waals surface area contributed by atoms with Crippen LogP contribution in [0, 0.1) is 0 Å². The third kappa shape index (κ3) is 6.63. The molecule has 0 radical (unpaired) electrons. The monoisotopic (exact) mass is 508 g/mol. The smallest absolute Gasteiger partial charge is 0.234 e. The molecule has 0 spiro atoms. The predicted molar refractivity (Wildman–Crippen MR) is 129 cm³/mol. The van der Waals surface area contributed by atoms with Crippen molar-refractivity contribution in [2.45, 2.75) is 12.2 Å². The number of ether oxygens (including phenoxy) is 4. The fourth-order valence-corrected chi connectivity index (χ4v) is 4.79. The summed E-state index contributed by atoms with van der Waals surface area (Å²) in [5, 5.41) is 25.8. The number of hydrogen-bond donors (Lipinski definition) is 4. The van der Waals surface area contributed by atoms with Gasteiger partial charge in [0.2, 0.25) is 25.4 Å². The first-order valence-electron chi connectivity index (χ1n) is 10.4. The van der Waals surface area contributed by atoms with Crippen LogP contribution in [0.3, 0.4) is 0 Å². The molecule has 0 aromatic heterocycles. The lowest BCUT2D eigenvalue weighted by molar-refractivity contribution is -0.114. The highest BCUT2D eigenvalue weighted by molar-refractivity contribution is 8.00. The van der Waals surface area contributed by atoms with E-state index in [0.29, 0.717) is 34.4 Å². The van der Waals surface area contributed by atoms with Gasteiger partial charge in [-0.05, 0) is 24.3 Å². The Labute approximate surface area is 204 Å². The van der Waals surface area contributed by atoms with Gasteiger partial charge in [-0.2, -0.15) is 0 Å². The van der Waals surface area contributed by atoms with E-state index >= 15 is 0 Å². The third-order valence-corrected chi connectivity index (χ3v) is 6.89. The van der Waals surface area contributed by atoms with Crippen molar-refractivity contribution >= 4 is 46.7 Å². The molecule has 2 amide bonds. The topological polar surface area (TPSA) is 136 Å².